The highest BCUT2D eigenvalue weighted by atomic mass is 16.5. The number of hydrogen-bond donors (Lipinski definition) is 3. The Morgan fingerprint density at radius 1 is 1.04 bits per heavy atom. The number of hydrogen-bond acceptors (Lipinski definition) is 5. The molecule has 0 fully saturated rings. The minimum atomic E-state index is -1.19. The number of ether oxygens (including phenoxy) is 1. The number of aliphatic carboxylic acids is 1. The fourth-order valence-corrected chi connectivity index (χ4v) is 3.22. The van der Waals surface area contributed by atoms with Crippen molar-refractivity contribution in [3.63, 3.8) is 0 Å². The lowest BCUT2D eigenvalue weighted by atomic mass is 9.98. The highest BCUT2D eigenvalue weighted by Gasteiger charge is 2.29. The fourth-order valence-electron chi connectivity index (χ4n) is 3.22. The van der Waals surface area contributed by atoms with Gasteiger partial charge in [-0.1, -0.05) is 48.5 Å². The van der Waals surface area contributed by atoms with Gasteiger partial charge in [0.15, 0.2) is 0 Å². The number of benzene rings is 2. The number of imide groups is 1. The van der Waals surface area contributed by atoms with Crippen LogP contribution in [0.25, 0.3) is 11.1 Å². The van der Waals surface area contributed by atoms with Crippen LogP contribution in [0.4, 0.5) is 4.79 Å². The summed E-state index contributed by atoms with van der Waals surface area (Å²) in [5.41, 5.74) is 9.70. The Hall–Kier alpha value is -3.19. The summed E-state index contributed by atoms with van der Waals surface area (Å²) in [6.45, 7) is 0.0990. The minimum absolute atomic E-state index is 0.0577. The van der Waals surface area contributed by atoms with Crippen molar-refractivity contribution in [1.82, 2.24) is 5.32 Å². The van der Waals surface area contributed by atoms with Crippen LogP contribution < -0.4 is 11.1 Å². The zero-order valence-corrected chi connectivity index (χ0v) is 14.6. The lowest BCUT2D eigenvalue weighted by Crippen LogP contribution is -2.35. The molecule has 1 aliphatic carbocycles. The van der Waals surface area contributed by atoms with Crippen molar-refractivity contribution in [2.75, 3.05) is 6.61 Å². The van der Waals surface area contributed by atoms with Crippen molar-refractivity contribution in [3.8, 4) is 11.1 Å². The summed E-state index contributed by atoms with van der Waals surface area (Å²) >= 11 is 0. The van der Waals surface area contributed by atoms with Crippen LogP contribution in [0.15, 0.2) is 48.5 Å². The Morgan fingerprint density at radius 2 is 1.59 bits per heavy atom. The van der Waals surface area contributed by atoms with Gasteiger partial charge >= 0.3 is 12.1 Å². The maximum Gasteiger partial charge on any atom is 0.413 e. The predicted octanol–water partition coefficient (Wildman–Crippen LogP) is 2.24. The van der Waals surface area contributed by atoms with Crippen LogP contribution in [0, 0.1) is 0 Å². The van der Waals surface area contributed by atoms with E-state index in [-0.39, 0.29) is 25.4 Å². The van der Waals surface area contributed by atoms with Gasteiger partial charge in [-0.05, 0) is 28.7 Å². The molecule has 140 valence electrons. The molecule has 1 atom stereocenters. The lowest BCUT2D eigenvalue weighted by Gasteiger charge is -2.14. The number of carbonyl (C=O) groups is 3. The SMILES string of the molecule is N[C@H](CCC(=O)NC(=O)OCC1c2ccccc2-c2ccccc21)C(=O)O. The summed E-state index contributed by atoms with van der Waals surface area (Å²) in [5.74, 6) is -1.91. The van der Waals surface area contributed by atoms with E-state index < -0.39 is 24.0 Å². The molecule has 7 heteroatoms. The molecule has 7 nitrogen and oxygen atoms in total. The third kappa shape index (κ3) is 4.15. The zero-order chi connectivity index (χ0) is 19.4. The van der Waals surface area contributed by atoms with E-state index in [1.54, 1.807) is 0 Å². The smallest absolute Gasteiger partial charge is 0.413 e. The largest absolute Gasteiger partial charge is 0.480 e. The zero-order valence-electron chi connectivity index (χ0n) is 14.6. The van der Waals surface area contributed by atoms with Crippen LogP contribution >= 0.6 is 0 Å². The summed E-state index contributed by atoms with van der Waals surface area (Å²) in [4.78, 5) is 34.3. The van der Waals surface area contributed by atoms with Crippen LogP contribution in [0.5, 0.6) is 0 Å². The molecule has 2 aromatic rings. The van der Waals surface area contributed by atoms with E-state index in [0.717, 1.165) is 22.3 Å². The number of carboxylic acids is 1. The van der Waals surface area contributed by atoms with Gasteiger partial charge in [-0.3, -0.25) is 14.9 Å². The van der Waals surface area contributed by atoms with Gasteiger partial charge < -0.3 is 15.6 Å². The Kier molecular flexibility index (Phi) is 5.52. The molecule has 0 bridgehead atoms. The number of fused-ring (bicyclic) bond motifs is 3. The Labute approximate surface area is 156 Å². The second kappa shape index (κ2) is 8.01. The van der Waals surface area contributed by atoms with E-state index >= 15 is 0 Å². The van der Waals surface area contributed by atoms with E-state index in [0.29, 0.717) is 0 Å². The Balaban J connectivity index is 1.58. The van der Waals surface area contributed by atoms with Gasteiger partial charge in [-0.15, -0.1) is 0 Å². The van der Waals surface area contributed by atoms with Gasteiger partial charge in [-0.25, -0.2) is 4.79 Å². The number of alkyl carbamates (subject to hydrolysis) is 1. The molecule has 0 aliphatic heterocycles. The van der Waals surface area contributed by atoms with Crippen molar-refractivity contribution in [3.05, 3.63) is 59.7 Å². The molecule has 2 aromatic carbocycles. The molecule has 3 rings (SSSR count). The highest BCUT2D eigenvalue weighted by Crippen LogP contribution is 2.44. The van der Waals surface area contributed by atoms with Crippen molar-refractivity contribution in [2.24, 2.45) is 5.73 Å². The summed E-state index contributed by atoms with van der Waals surface area (Å²) in [6, 6.07) is 14.7. The quantitative estimate of drug-likeness (QED) is 0.719. The van der Waals surface area contributed by atoms with Crippen LogP contribution in [0.3, 0.4) is 0 Å². The van der Waals surface area contributed by atoms with Gasteiger partial charge in [0, 0.05) is 12.3 Å². The third-order valence-electron chi connectivity index (χ3n) is 4.58. The molecule has 0 radical (unpaired) electrons. The molecule has 27 heavy (non-hydrogen) atoms. The predicted molar refractivity (Wildman–Crippen MR) is 98.1 cm³/mol. The maximum atomic E-state index is 11.9. The number of carboxylic acid groups (broad SMARTS) is 1. The lowest BCUT2D eigenvalue weighted by molar-refractivity contribution is -0.138. The van der Waals surface area contributed by atoms with Crippen LogP contribution in [-0.2, 0) is 14.3 Å². The number of rotatable bonds is 6. The van der Waals surface area contributed by atoms with E-state index in [9.17, 15) is 14.4 Å². The average molecular weight is 368 g/mol. The molecule has 0 aromatic heterocycles. The first-order chi connectivity index (χ1) is 13.0. The summed E-state index contributed by atoms with van der Waals surface area (Å²) in [5, 5.41) is 10.8. The van der Waals surface area contributed by atoms with Crippen LogP contribution in [-0.4, -0.2) is 35.7 Å². The second-order valence-electron chi connectivity index (χ2n) is 6.36. The first-order valence-electron chi connectivity index (χ1n) is 8.60. The van der Waals surface area contributed by atoms with E-state index in [4.69, 9.17) is 15.6 Å². The summed E-state index contributed by atoms with van der Waals surface area (Å²) in [6.07, 6.45) is -1.08. The van der Waals surface area contributed by atoms with Crippen molar-refractivity contribution >= 4 is 18.0 Å². The first-order valence-corrected chi connectivity index (χ1v) is 8.60. The normalized spacial score (nSPS) is 13.4. The van der Waals surface area contributed by atoms with Gasteiger partial charge in [-0.2, -0.15) is 0 Å². The van der Waals surface area contributed by atoms with E-state index in [2.05, 4.69) is 5.32 Å². The first kappa shape index (κ1) is 18.6. The maximum absolute atomic E-state index is 11.9. The van der Waals surface area contributed by atoms with Crippen LogP contribution in [0.1, 0.15) is 29.9 Å². The monoisotopic (exact) mass is 368 g/mol. The topological polar surface area (TPSA) is 119 Å². The Bertz CT molecular complexity index is 835. The molecular weight excluding hydrogens is 348 g/mol. The van der Waals surface area contributed by atoms with Gasteiger partial charge in [0.2, 0.25) is 5.91 Å². The summed E-state index contributed by atoms with van der Waals surface area (Å²) < 4.78 is 5.25. The molecular formula is C20H20N2O5. The van der Waals surface area contributed by atoms with Crippen molar-refractivity contribution < 1.29 is 24.2 Å². The average Bonchev–Trinajstić information content (AvgIpc) is 2.98. The standard InChI is InChI=1S/C20H20N2O5/c21-17(19(24)25)9-10-18(23)22-20(26)27-11-16-14-7-3-1-5-12(14)13-6-2-4-8-15(13)16/h1-8,16-17H,9-11,21H2,(H,24,25)(H,22,23,26)/t17-/m1/s1. The third-order valence-corrected chi connectivity index (χ3v) is 4.58. The molecule has 2 amide bonds. The highest BCUT2D eigenvalue weighted by molar-refractivity contribution is 5.92. The molecule has 0 saturated carbocycles. The molecule has 0 saturated heterocycles. The molecule has 4 N–H and O–H groups in total. The number of nitrogens with two attached hydrogens (primary N) is 1. The molecule has 0 spiro atoms. The Morgan fingerprint density at radius 3 is 2.15 bits per heavy atom. The number of amides is 2. The minimum Gasteiger partial charge on any atom is -0.480 e. The fraction of sp³-hybridized carbons (Fsp3) is 0.250. The van der Waals surface area contributed by atoms with Gasteiger partial charge in [0.1, 0.15) is 12.6 Å². The van der Waals surface area contributed by atoms with E-state index in [1.807, 2.05) is 48.5 Å². The van der Waals surface area contributed by atoms with Gasteiger partial charge in [0.25, 0.3) is 0 Å². The van der Waals surface area contributed by atoms with Gasteiger partial charge in [0.05, 0.1) is 0 Å². The number of carbonyl (C=O) groups excluding carboxylic acids is 2. The van der Waals surface area contributed by atoms with Crippen molar-refractivity contribution in [2.45, 2.75) is 24.8 Å². The van der Waals surface area contributed by atoms with E-state index in [1.165, 1.54) is 0 Å². The molecule has 0 heterocycles. The number of nitrogens with one attached hydrogen (secondary N) is 1. The molecule has 1 aliphatic rings. The van der Waals surface area contributed by atoms with Crippen molar-refractivity contribution in [1.29, 1.82) is 0 Å². The second-order valence-corrected chi connectivity index (χ2v) is 6.36. The molecule has 0 unspecified atom stereocenters. The summed E-state index contributed by atoms with van der Waals surface area (Å²) in [7, 11) is 0. The van der Waals surface area contributed by atoms with Crippen LogP contribution in [0.2, 0.25) is 0 Å².